The predicted molar refractivity (Wildman–Crippen MR) is 99.8 cm³/mol. The van der Waals surface area contributed by atoms with Gasteiger partial charge in [-0.3, -0.25) is 0 Å². The van der Waals surface area contributed by atoms with Crippen molar-refractivity contribution in [2.45, 2.75) is 24.2 Å². The fourth-order valence-electron chi connectivity index (χ4n) is 3.56. The fraction of sp³-hybridized carbons (Fsp3) is 0.368. The van der Waals surface area contributed by atoms with E-state index >= 15 is 0 Å². The van der Waals surface area contributed by atoms with Crippen molar-refractivity contribution in [2.24, 2.45) is 0 Å². The van der Waals surface area contributed by atoms with Gasteiger partial charge in [0, 0.05) is 43.1 Å². The number of ether oxygens (including phenoxy) is 2. The second-order valence-electron chi connectivity index (χ2n) is 6.52. The van der Waals surface area contributed by atoms with Gasteiger partial charge in [0.25, 0.3) is 0 Å². The molecule has 2 heterocycles. The SMILES string of the molecule is CN(CCc1c2c(cc3c1OCC3)OCC2)S(=O)(=O)c1ccccc1Cl. The van der Waals surface area contributed by atoms with Crippen molar-refractivity contribution in [3.63, 3.8) is 0 Å². The van der Waals surface area contributed by atoms with E-state index in [0.29, 0.717) is 26.2 Å². The Morgan fingerprint density at radius 1 is 1.15 bits per heavy atom. The Kier molecular flexibility index (Phi) is 4.59. The smallest absolute Gasteiger partial charge is 0.244 e. The molecule has 0 saturated carbocycles. The second kappa shape index (κ2) is 6.76. The van der Waals surface area contributed by atoms with E-state index in [1.807, 2.05) is 0 Å². The Labute approximate surface area is 158 Å². The van der Waals surface area contributed by atoms with Crippen LogP contribution in [0.15, 0.2) is 35.2 Å². The van der Waals surface area contributed by atoms with Gasteiger partial charge in [-0.05, 0) is 24.6 Å². The van der Waals surface area contributed by atoms with Crippen LogP contribution in [0.5, 0.6) is 11.5 Å². The molecule has 0 fully saturated rings. The minimum atomic E-state index is -3.64. The van der Waals surface area contributed by atoms with Gasteiger partial charge in [0.1, 0.15) is 16.4 Å². The normalized spacial score (nSPS) is 15.5. The number of likely N-dealkylation sites (N-methyl/N-ethyl adjacent to an activating group) is 1. The van der Waals surface area contributed by atoms with Crippen molar-refractivity contribution in [1.29, 1.82) is 0 Å². The van der Waals surface area contributed by atoms with Gasteiger partial charge in [-0.25, -0.2) is 12.7 Å². The number of rotatable bonds is 5. The first-order valence-corrected chi connectivity index (χ1v) is 10.4. The number of hydrogen-bond donors (Lipinski definition) is 0. The molecule has 0 unspecified atom stereocenters. The summed E-state index contributed by atoms with van der Waals surface area (Å²) in [6.45, 7) is 1.68. The summed E-state index contributed by atoms with van der Waals surface area (Å²) >= 11 is 6.08. The van der Waals surface area contributed by atoms with Crippen molar-refractivity contribution in [3.05, 3.63) is 52.0 Å². The Bertz CT molecular complexity index is 926. The molecule has 2 aromatic rings. The van der Waals surface area contributed by atoms with E-state index in [2.05, 4.69) is 6.07 Å². The highest BCUT2D eigenvalue weighted by Crippen LogP contribution is 2.41. The van der Waals surface area contributed by atoms with Crippen molar-refractivity contribution >= 4 is 21.6 Å². The molecule has 0 amide bonds. The monoisotopic (exact) mass is 393 g/mol. The summed E-state index contributed by atoms with van der Waals surface area (Å²) in [6, 6.07) is 8.58. The minimum Gasteiger partial charge on any atom is -0.493 e. The van der Waals surface area contributed by atoms with Crippen molar-refractivity contribution < 1.29 is 17.9 Å². The van der Waals surface area contributed by atoms with Gasteiger partial charge in [0.05, 0.1) is 18.2 Å². The molecule has 4 rings (SSSR count). The maximum atomic E-state index is 12.8. The van der Waals surface area contributed by atoms with E-state index in [4.69, 9.17) is 21.1 Å². The number of nitrogens with zero attached hydrogens (tertiary/aromatic N) is 1. The number of fused-ring (bicyclic) bond motifs is 2. The lowest BCUT2D eigenvalue weighted by Gasteiger charge is -2.19. The molecular weight excluding hydrogens is 374 g/mol. The molecule has 2 aliphatic rings. The highest BCUT2D eigenvalue weighted by atomic mass is 35.5. The zero-order valence-corrected chi connectivity index (χ0v) is 16.1. The number of benzene rings is 2. The maximum absolute atomic E-state index is 12.8. The van der Waals surface area contributed by atoms with E-state index in [1.165, 1.54) is 10.4 Å². The van der Waals surface area contributed by atoms with E-state index < -0.39 is 10.0 Å². The van der Waals surface area contributed by atoms with Crippen molar-refractivity contribution in [1.82, 2.24) is 4.31 Å². The molecule has 0 spiro atoms. The molecule has 138 valence electrons. The molecule has 0 aliphatic carbocycles. The van der Waals surface area contributed by atoms with E-state index in [1.54, 1.807) is 25.2 Å². The molecule has 26 heavy (non-hydrogen) atoms. The standard InChI is InChI=1S/C19H20ClNO4S/c1-21(26(22,23)18-5-3-2-4-16(18)20)9-6-15-14-8-11-24-17(14)12-13-7-10-25-19(13)15/h2-5,12H,6-11H2,1H3. The lowest BCUT2D eigenvalue weighted by atomic mass is 9.97. The van der Waals surface area contributed by atoms with Gasteiger partial charge >= 0.3 is 0 Å². The summed E-state index contributed by atoms with van der Waals surface area (Å²) in [6.07, 6.45) is 2.28. The topological polar surface area (TPSA) is 55.8 Å². The van der Waals surface area contributed by atoms with Crippen molar-refractivity contribution in [3.8, 4) is 11.5 Å². The molecule has 0 N–H and O–H groups in total. The number of sulfonamides is 1. The number of halogens is 1. The van der Waals surface area contributed by atoms with Gasteiger partial charge in [-0.15, -0.1) is 0 Å². The molecule has 0 aromatic heterocycles. The van der Waals surface area contributed by atoms with Crippen LogP contribution < -0.4 is 9.47 Å². The summed E-state index contributed by atoms with van der Waals surface area (Å²) in [5.74, 6) is 1.83. The predicted octanol–water partition coefficient (Wildman–Crippen LogP) is 3.07. The highest BCUT2D eigenvalue weighted by Gasteiger charge is 2.28. The van der Waals surface area contributed by atoms with Gasteiger partial charge in [0.2, 0.25) is 10.0 Å². The molecule has 0 bridgehead atoms. The maximum Gasteiger partial charge on any atom is 0.244 e. The van der Waals surface area contributed by atoms with Gasteiger partial charge in [0.15, 0.2) is 0 Å². The first-order chi connectivity index (χ1) is 12.5. The summed E-state index contributed by atoms with van der Waals surface area (Å²) in [5.41, 5.74) is 3.38. The van der Waals surface area contributed by atoms with Crippen LogP contribution in [0.2, 0.25) is 5.02 Å². The minimum absolute atomic E-state index is 0.132. The Hall–Kier alpha value is -1.76. The third-order valence-electron chi connectivity index (χ3n) is 4.96. The van der Waals surface area contributed by atoms with Crippen LogP contribution >= 0.6 is 11.6 Å². The van der Waals surface area contributed by atoms with Crippen LogP contribution in [0.3, 0.4) is 0 Å². The first-order valence-electron chi connectivity index (χ1n) is 8.62. The molecule has 7 heteroatoms. The van der Waals surface area contributed by atoms with Crippen LogP contribution in [0.25, 0.3) is 0 Å². The molecule has 0 saturated heterocycles. The van der Waals surface area contributed by atoms with E-state index in [0.717, 1.165) is 41.0 Å². The van der Waals surface area contributed by atoms with Crippen molar-refractivity contribution in [2.75, 3.05) is 26.8 Å². The molecule has 2 aromatic carbocycles. The summed E-state index contributed by atoms with van der Waals surface area (Å²) in [7, 11) is -2.06. The second-order valence-corrected chi connectivity index (χ2v) is 8.94. The molecule has 0 atom stereocenters. The average molecular weight is 394 g/mol. The van der Waals surface area contributed by atoms with Crippen LogP contribution in [-0.2, 0) is 29.3 Å². The Morgan fingerprint density at radius 2 is 1.92 bits per heavy atom. The van der Waals surface area contributed by atoms with Crippen LogP contribution in [0.1, 0.15) is 16.7 Å². The third-order valence-corrected chi connectivity index (χ3v) is 7.32. The highest BCUT2D eigenvalue weighted by molar-refractivity contribution is 7.89. The van der Waals surface area contributed by atoms with E-state index in [9.17, 15) is 8.42 Å². The third kappa shape index (κ3) is 2.96. The Morgan fingerprint density at radius 3 is 2.73 bits per heavy atom. The summed E-state index contributed by atoms with van der Waals surface area (Å²) < 4.78 is 38.6. The number of hydrogen-bond acceptors (Lipinski definition) is 4. The zero-order chi connectivity index (χ0) is 18.3. The molecule has 5 nitrogen and oxygen atoms in total. The molecular formula is C19H20ClNO4S. The largest absolute Gasteiger partial charge is 0.493 e. The van der Waals surface area contributed by atoms with Gasteiger partial charge < -0.3 is 9.47 Å². The fourth-order valence-corrected chi connectivity index (χ4v) is 5.22. The summed E-state index contributed by atoms with van der Waals surface area (Å²) in [4.78, 5) is 0.132. The first kappa shape index (κ1) is 17.6. The lowest BCUT2D eigenvalue weighted by Crippen LogP contribution is -2.29. The van der Waals surface area contributed by atoms with Crippen LogP contribution in [0.4, 0.5) is 0 Å². The van der Waals surface area contributed by atoms with Gasteiger partial charge in [-0.1, -0.05) is 23.7 Å². The molecule has 2 aliphatic heterocycles. The zero-order valence-electron chi connectivity index (χ0n) is 14.5. The quantitative estimate of drug-likeness (QED) is 0.783. The Balaban J connectivity index is 1.60. The summed E-state index contributed by atoms with van der Waals surface area (Å²) in [5, 5.41) is 0.234. The lowest BCUT2D eigenvalue weighted by molar-refractivity contribution is 0.351. The average Bonchev–Trinajstić information content (AvgIpc) is 3.27. The van der Waals surface area contributed by atoms with Crippen LogP contribution in [0, 0.1) is 0 Å². The van der Waals surface area contributed by atoms with Crippen LogP contribution in [-0.4, -0.2) is 39.5 Å². The van der Waals surface area contributed by atoms with E-state index in [-0.39, 0.29) is 9.92 Å². The van der Waals surface area contributed by atoms with Gasteiger partial charge in [-0.2, -0.15) is 0 Å². The molecule has 0 radical (unpaired) electrons.